The van der Waals surface area contributed by atoms with Crippen LogP contribution in [0.25, 0.3) is 0 Å². The van der Waals surface area contributed by atoms with Gasteiger partial charge in [-0.05, 0) is 25.1 Å². The molecular weight excluding hydrogens is 353 g/mol. The number of piperidine rings is 1. The molecule has 0 aliphatic carbocycles. The predicted molar refractivity (Wildman–Crippen MR) is 108 cm³/mol. The second-order valence-corrected chi connectivity index (χ2v) is 8.02. The SMILES string of the molecule is CCCN1CCC2(CC1)Oc1ccccc1[C@@H]1CC(c3ccccc3F)=NN12. The zero-order valence-electron chi connectivity index (χ0n) is 16.3. The molecule has 2 aromatic carbocycles. The standard InChI is InChI=1S/C23H26FN3O/c1-2-13-26-14-11-23(12-15-26)27-21(18-8-4-6-10-22(18)28-23)16-20(25-27)17-7-3-5-9-19(17)24/h3-10,21H,2,11-16H2,1H3/t21-/m0/s1. The first kappa shape index (κ1) is 17.7. The zero-order valence-corrected chi connectivity index (χ0v) is 16.3. The van der Waals surface area contributed by atoms with E-state index in [9.17, 15) is 4.39 Å². The van der Waals surface area contributed by atoms with Crippen LogP contribution in [-0.2, 0) is 0 Å². The summed E-state index contributed by atoms with van der Waals surface area (Å²) < 4.78 is 21.1. The van der Waals surface area contributed by atoms with Crippen LogP contribution in [0.15, 0.2) is 53.6 Å². The molecule has 5 heteroatoms. The minimum absolute atomic E-state index is 0.109. The van der Waals surface area contributed by atoms with Gasteiger partial charge in [0, 0.05) is 43.5 Å². The predicted octanol–water partition coefficient (Wildman–Crippen LogP) is 4.57. The molecule has 1 atom stereocenters. The summed E-state index contributed by atoms with van der Waals surface area (Å²) in [5, 5.41) is 7.11. The highest BCUT2D eigenvalue weighted by Gasteiger charge is 2.51. The first-order chi connectivity index (χ1) is 13.7. The molecule has 0 aromatic heterocycles. The van der Waals surface area contributed by atoms with Crippen molar-refractivity contribution in [2.24, 2.45) is 5.10 Å². The maximum atomic E-state index is 14.4. The van der Waals surface area contributed by atoms with E-state index in [-0.39, 0.29) is 11.9 Å². The molecule has 0 radical (unpaired) electrons. The van der Waals surface area contributed by atoms with E-state index < -0.39 is 5.72 Å². The summed E-state index contributed by atoms with van der Waals surface area (Å²) in [5.41, 5.74) is 2.14. The Morgan fingerprint density at radius 3 is 2.64 bits per heavy atom. The number of ether oxygens (including phenoxy) is 1. The van der Waals surface area contributed by atoms with Crippen molar-refractivity contribution in [2.75, 3.05) is 19.6 Å². The van der Waals surface area contributed by atoms with Crippen LogP contribution in [0, 0.1) is 5.82 Å². The number of hydrogen-bond donors (Lipinski definition) is 0. The van der Waals surface area contributed by atoms with E-state index in [1.54, 1.807) is 6.07 Å². The average Bonchev–Trinajstić information content (AvgIpc) is 3.17. The largest absolute Gasteiger partial charge is 0.466 e. The lowest BCUT2D eigenvalue weighted by Crippen LogP contribution is -2.59. The van der Waals surface area contributed by atoms with Gasteiger partial charge in [0.2, 0.25) is 5.72 Å². The molecule has 5 rings (SSSR count). The molecule has 0 amide bonds. The Hall–Kier alpha value is -2.40. The van der Waals surface area contributed by atoms with E-state index in [4.69, 9.17) is 9.84 Å². The van der Waals surface area contributed by atoms with Gasteiger partial charge in [-0.3, -0.25) is 0 Å². The Morgan fingerprint density at radius 1 is 1.11 bits per heavy atom. The van der Waals surface area contributed by atoms with E-state index in [0.29, 0.717) is 12.0 Å². The van der Waals surface area contributed by atoms with Gasteiger partial charge in [-0.2, -0.15) is 5.10 Å². The van der Waals surface area contributed by atoms with Gasteiger partial charge in [0.1, 0.15) is 11.6 Å². The topological polar surface area (TPSA) is 28.1 Å². The first-order valence-corrected chi connectivity index (χ1v) is 10.3. The summed E-state index contributed by atoms with van der Waals surface area (Å²) in [5.74, 6) is 0.750. The fraction of sp³-hybridized carbons (Fsp3) is 0.435. The molecule has 3 heterocycles. The molecule has 1 spiro atoms. The minimum Gasteiger partial charge on any atom is -0.466 e. The monoisotopic (exact) mass is 379 g/mol. The third-order valence-electron chi connectivity index (χ3n) is 6.27. The number of para-hydroxylation sites is 1. The van der Waals surface area contributed by atoms with Gasteiger partial charge in [-0.1, -0.05) is 43.3 Å². The molecule has 3 aliphatic rings. The van der Waals surface area contributed by atoms with Gasteiger partial charge in [0.15, 0.2) is 0 Å². The van der Waals surface area contributed by atoms with Crippen molar-refractivity contribution in [3.63, 3.8) is 0 Å². The van der Waals surface area contributed by atoms with Crippen LogP contribution in [0.5, 0.6) is 5.75 Å². The fourth-order valence-corrected chi connectivity index (χ4v) is 4.86. The van der Waals surface area contributed by atoms with Crippen molar-refractivity contribution in [3.8, 4) is 5.75 Å². The van der Waals surface area contributed by atoms with Crippen molar-refractivity contribution >= 4 is 5.71 Å². The normalized spacial score (nSPS) is 23.1. The molecule has 4 nitrogen and oxygen atoms in total. The molecule has 1 saturated heterocycles. The smallest absolute Gasteiger partial charge is 0.200 e. The number of hydrazone groups is 1. The van der Waals surface area contributed by atoms with Crippen molar-refractivity contribution < 1.29 is 9.13 Å². The summed E-state index contributed by atoms with van der Waals surface area (Å²) in [4.78, 5) is 2.50. The summed E-state index contributed by atoms with van der Waals surface area (Å²) in [7, 11) is 0. The van der Waals surface area contributed by atoms with Crippen LogP contribution in [0.3, 0.4) is 0 Å². The number of fused-ring (bicyclic) bond motifs is 4. The van der Waals surface area contributed by atoms with Crippen LogP contribution >= 0.6 is 0 Å². The highest BCUT2D eigenvalue weighted by Crippen LogP contribution is 2.49. The molecule has 0 bridgehead atoms. The lowest BCUT2D eigenvalue weighted by atomic mass is 9.90. The zero-order chi connectivity index (χ0) is 19.1. The molecule has 2 aromatic rings. The highest BCUT2D eigenvalue weighted by molar-refractivity contribution is 6.02. The maximum Gasteiger partial charge on any atom is 0.200 e. The Bertz CT molecular complexity index is 904. The molecule has 0 saturated carbocycles. The lowest BCUT2D eigenvalue weighted by Gasteiger charge is -2.51. The highest BCUT2D eigenvalue weighted by atomic mass is 19.1. The van der Waals surface area contributed by atoms with Crippen LogP contribution < -0.4 is 4.74 Å². The summed E-state index contributed by atoms with van der Waals surface area (Å²) in [6, 6.07) is 15.3. The number of nitrogens with zero attached hydrogens (tertiary/aromatic N) is 3. The lowest BCUT2D eigenvalue weighted by molar-refractivity contribution is -0.149. The number of halogens is 1. The van der Waals surface area contributed by atoms with Crippen molar-refractivity contribution in [2.45, 2.75) is 44.4 Å². The number of rotatable bonds is 3. The van der Waals surface area contributed by atoms with Gasteiger partial charge in [-0.25, -0.2) is 9.40 Å². The van der Waals surface area contributed by atoms with E-state index in [1.165, 1.54) is 12.5 Å². The fourth-order valence-electron chi connectivity index (χ4n) is 4.86. The maximum absolute atomic E-state index is 14.4. The Kier molecular flexibility index (Phi) is 4.35. The third kappa shape index (κ3) is 2.80. The molecular formula is C23H26FN3O. The third-order valence-corrected chi connectivity index (χ3v) is 6.27. The Balaban J connectivity index is 1.53. The Morgan fingerprint density at radius 2 is 1.86 bits per heavy atom. The van der Waals surface area contributed by atoms with Crippen LogP contribution in [0.2, 0.25) is 0 Å². The molecule has 146 valence electrons. The number of benzene rings is 2. The first-order valence-electron chi connectivity index (χ1n) is 10.3. The molecule has 0 unspecified atom stereocenters. The van der Waals surface area contributed by atoms with E-state index in [1.807, 2.05) is 24.3 Å². The molecule has 1 fully saturated rings. The molecule has 28 heavy (non-hydrogen) atoms. The quantitative estimate of drug-likeness (QED) is 0.782. The van der Waals surface area contributed by atoms with Crippen molar-refractivity contribution in [3.05, 3.63) is 65.5 Å². The summed E-state index contributed by atoms with van der Waals surface area (Å²) in [6.45, 7) is 5.35. The minimum atomic E-state index is -0.434. The second-order valence-electron chi connectivity index (χ2n) is 8.02. The average molecular weight is 379 g/mol. The number of likely N-dealkylation sites (tertiary alicyclic amines) is 1. The van der Waals surface area contributed by atoms with Crippen LogP contribution in [0.1, 0.15) is 49.8 Å². The molecule has 0 N–H and O–H groups in total. The van der Waals surface area contributed by atoms with Crippen molar-refractivity contribution in [1.29, 1.82) is 0 Å². The van der Waals surface area contributed by atoms with E-state index in [0.717, 1.165) is 49.5 Å². The van der Waals surface area contributed by atoms with Crippen LogP contribution in [-0.4, -0.2) is 41.0 Å². The number of hydrogen-bond acceptors (Lipinski definition) is 4. The molecule has 3 aliphatic heterocycles. The van der Waals surface area contributed by atoms with Gasteiger partial charge in [0.05, 0.1) is 11.8 Å². The summed E-state index contributed by atoms with van der Waals surface area (Å²) in [6.07, 6.45) is 3.69. The van der Waals surface area contributed by atoms with Gasteiger partial charge < -0.3 is 9.64 Å². The van der Waals surface area contributed by atoms with Gasteiger partial charge in [-0.15, -0.1) is 0 Å². The summed E-state index contributed by atoms with van der Waals surface area (Å²) >= 11 is 0. The van der Waals surface area contributed by atoms with Crippen molar-refractivity contribution in [1.82, 2.24) is 9.91 Å². The van der Waals surface area contributed by atoms with Gasteiger partial charge >= 0.3 is 0 Å². The Labute approximate surface area is 165 Å². The van der Waals surface area contributed by atoms with E-state index in [2.05, 4.69) is 29.0 Å². The van der Waals surface area contributed by atoms with E-state index >= 15 is 0 Å². The second kappa shape index (κ2) is 6.89. The van der Waals surface area contributed by atoms with Gasteiger partial charge in [0.25, 0.3) is 0 Å². The van der Waals surface area contributed by atoms with Crippen LogP contribution in [0.4, 0.5) is 4.39 Å².